The molecule has 2 N–H and O–H groups in total. The fraction of sp³-hybridized carbons (Fsp3) is 0.474. The SMILES string of the molecule is C=C1CC2COC(=O)C2(Cc2ccc(NC(=O)NCCC)cc2)C1. The summed E-state index contributed by atoms with van der Waals surface area (Å²) in [5.41, 5.74) is 2.52. The number of allylic oxidation sites excluding steroid dienone is 1. The molecule has 5 nitrogen and oxygen atoms in total. The smallest absolute Gasteiger partial charge is 0.319 e. The van der Waals surface area contributed by atoms with Gasteiger partial charge in [0.1, 0.15) is 0 Å². The van der Waals surface area contributed by atoms with E-state index >= 15 is 0 Å². The molecule has 24 heavy (non-hydrogen) atoms. The number of carbonyl (C=O) groups is 2. The van der Waals surface area contributed by atoms with Gasteiger partial charge in [-0.1, -0.05) is 31.2 Å². The average molecular weight is 328 g/mol. The standard InChI is InChI=1S/C19H24N2O3/c1-3-8-20-18(23)21-16-6-4-14(5-7-16)11-19-10-13(2)9-15(19)12-24-17(19)22/h4-7,15H,2-3,8-12H2,1H3,(H2,20,21,23). The lowest BCUT2D eigenvalue weighted by atomic mass is 9.75. The third-order valence-electron chi connectivity index (χ3n) is 4.97. The number of hydrogen-bond donors (Lipinski definition) is 2. The molecule has 1 aromatic carbocycles. The Bertz CT molecular complexity index is 653. The number of benzene rings is 1. The molecule has 2 aliphatic rings. The zero-order valence-electron chi connectivity index (χ0n) is 14.1. The summed E-state index contributed by atoms with van der Waals surface area (Å²) in [7, 11) is 0. The molecular formula is C19H24N2O3. The predicted molar refractivity (Wildman–Crippen MR) is 92.7 cm³/mol. The maximum atomic E-state index is 12.3. The zero-order valence-corrected chi connectivity index (χ0v) is 14.1. The van der Waals surface area contributed by atoms with Crippen LogP contribution in [0.15, 0.2) is 36.4 Å². The molecule has 1 saturated carbocycles. The predicted octanol–water partition coefficient (Wildman–Crippen LogP) is 3.27. The maximum absolute atomic E-state index is 12.3. The van der Waals surface area contributed by atoms with Gasteiger partial charge in [0.05, 0.1) is 12.0 Å². The van der Waals surface area contributed by atoms with E-state index in [-0.39, 0.29) is 17.9 Å². The number of nitrogens with one attached hydrogen (secondary N) is 2. The largest absolute Gasteiger partial charge is 0.465 e. The number of carbonyl (C=O) groups excluding carboxylic acids is 2. The normalized spacial score (nSPS) is 25.3. The molecule has 1 aliphatic heterocycles. The van der Waals surface area contributed by atoms with Gasteiger partial charge in [0.15, 0.2) is 0 Å². The summed E-state index contributed by atoms with van der Waals surface area (Å²) in [5, 5.41) is 5.58. The number of hydrogen-bond acceptors (Lipinski definition) is 3. The summed E-state index contributed by atoms with van der Waals surface area (Å²) in [4.78, 5) is 24.0. The monoisotopic (exact) mass is 328 g/mol. The average Bonchev–Trinajstić information content (AvgIpc) is 3.02. The first-order valence-electron chi connectivity index (χ1n) is 8.51. The summed E-state index contributed by atoms with van der Waals surface area (Å²) in [5.74, 6) is 0.155. The van der Waals surface area contributed by atoms with Gasteiger partial charge < -0.3 is 15.4 Å². The molecule has 1 aliphatic carbocycles. The fourth-order valence-electron chi connectivity index (χ4n) is 3.75. The molecule has 3 rings (SSSR count). The van der Waals surface area contributed by atoms with Gasteiger partial charge in [0, 0.05) is 18.2 Å². The number of fused-ring (bicyclic) bond motifs is 1. The molecule has 128 valence electrons. The van der Waals surface area contributed by atoms with Crippen LogP contribution in [0.3, 0.4) is 0 Å². The van der Waals surface area contributed by atoms with E-state index in [0.29, 0.717) is 19.6 Å². The van der Waals surface area contributed by atoms with Crippen LogP contribution in [0.1, 0.15) is 31.7 Å². The second-order valence-electron chi connectivity index (χ2n) is 6.84. The van der Waals surface area contributed by atoms with Crippen molar-refractivity contribution in [1.29, 1.82) is 0 Å². The molecule has 2 unspecified atom stereocenters. The molecule has 1 heterocycles. The molecule has 0 spiro atoms. The number of cyclic esters (lactones) is 1. The molecular weight excluding hydrogens is 304 g/mol. The van der Waals surface area contributed by atoms with Gasteiger partial charge in [-0.15, -0.1) is 0 Å². The first-order valence-corrected chi connectivity index (χ1v) is 8.51. The van der Waals surface area contributed by atoms with Crippen LogP contribution < -0.4 is 10.6 Å². The molecule has 1 aromatic rings. The Balaban J connectivity index is 1.67. The van der Waals surface area contributed by atoms with Crippen LogP contribution in [-0.2, 0) is 16.0 Å². The maximum Gasteiger partial charge on any atom is 0.319 e. The highest BCUT2D eigenvalue weighted by Gasteiger charge is 2.55. The van der Waals surface area contributed by atoms with Crippen LogP contribution in [0.4, 0.5) is 10.5 Å². The number of ether oxygens (including phenoxy) is 1. The van der Waals surface area contributed by atoms with Crippen molar-refractivity contribution < 1.29 is 14.3 Å². The number of anilines is 1. The van der Waals surface area contributed by atoms with Crippen molar-refractivity contribution >= 4 is 17.7 Å². The quantitative estimate of drug-likeness (QED) is 0.644. The number of urea groups is 1. The van der Waals surface area contributed by atoms with Crippen molar-refractivity contribution in [3.8, 4) is 0 Å². The van der Waals surface area contributed by atoms with Gasteiger partial charge in [-0.25, -0.2) is 4.79 Å². The second-order valence-corrected chi connectivity index (χ2v) is 6.84. The topological polar surface area (TPSA) is 67.4 Å². The fourth-order valence-corrected chi connectivity index (χ4v) is 3.75. The zero-order chi connectivity index (χ0) is 17.2. The Labute approximate surface area is 142 Å². The Kier molecular flexibility index (Phi) is 4.60. The summed E-state index contributed by atoms with van der Waals surface area (Å²) in [6.45, 7) is 7.24. The van der Waals surface area contributed by atoms with Crippen molar-refractivity contribution in [2.45, 2.75) is 32.6 Å². The van der Waals surface area contributed by atoms with Crippen LogP contribution in [0.2, 0.25) is 0 Å². The van der Waals surface area contributed by atoms with E-state index in [4.69, 9.17) is 4.74 Å². The Morgan fingerprint density at radius 3 is 2.83 bits per heavy atom. The molecule has 0 bridgehead atoms. The Morgan fingerprint density at radius 1 is 1.38 bits per heavy atom. The van der Waals surface area contributed by atoms with Crippen LogP contribution in [0.5, 0.6) is 0 Å². The van der Waals surface area contributed by atoms with Crippen molar-refractivity contribution in [1.82, 2.24) is 5.32 Å². The number of esters is 1. The summed E-state index contributed by atoms with van der Waals surface area (Å²) in [6, 6.07) is 7.48. The molecule has 0 radical (unpaired) electrons. The minimum Gasteiger partial charge on any atom is -0.465 e. The van der Waals surface area contributed by atoms with E-state index in [9.17, 15) is 9.59 Å². The summed E-state index contributed by atoms with van der Waals surface area (Å²) >= 11 is 0. The highest BCUT2D eigenvalue weighted by Crippen LogP contribution is 2.52. The first-order chi connectivity index (χ1) is 11.5. The highest BCUT2D eigenvalue weighted by atomic mass is 16.5. The van der Waals surface area contributed by atoms with Crippen molar-refractivity contribution in [2.24, 2.45) is 11.3 Å². The molecule has 5 heteroatoms. The van der Waals surface area contributed by atoms with Crippen LogP contribution in [-0.4, -0.2) is 25.2 Å². The van der Waals surface area contributed by atoms with Gasteiger partial charge in [-0.2, -0.15) is 0 Å². The van der Waals surface area contributed by atoms with Crippen LogP contribution in [0.25, 0.3) is 0 Å². The highest BCUT2D eigenvalue weighted by molar-refractivity contribution is 5.89. The number of rotatable bonds is 5. The van der Waals surface area contributed by atoms with Crippen molar-refractivity contribution in [2.75, 3.05) is 18.5 Å². The lowest BCUT2D eigenvalue weighted by Gasteiger charge is -2.24. The second kappa shape index (κ2) is 6.67. The van der Waals surface area contributed by atoms with E-state index in [1.165, 1.54) is 0 Å². The lowest BCUT2D eigenvalue weighted by Crippen LogP contribution is -2.31. The summed E-state index contributed by atoms with van der Waals surface area (Å²) < 4.78 is 5.31. The third-order valence-corrected chi connectivity index (χ3v) is 4.97. The van der Waals surface area contributed by atoms with Gasteiger partial charge in [-0.3, -0.25) is 4.79 Å². The summed E-state index contributed by atoms with van der Waals surface area (Å²) in [6.07, 6.45) is 3.16. The van der Waals surface area contributed by atoms with E-state index in [2.05, 4.69) is 17.2 Å². The van der Waals surface area contributed by atoms with Gasteiger partial charge >= 0.3 is 12.0 Å². The molecule has 2 fully saturated rings. The molecule has 2 atom stereocenters. The number of amides is 2. The van der Waals surface area contributed by atoms with Crippen LogP contribution >= 0.6 is 0 Å². The van der Waals surface area contributed by atoms with Gasteiger partial charge in [0.25, 0.3) is 0 Å². The van der Waals surface area contributed by atoms with E-state index in [0.717, 1.165) is 36.1 Å². The molecule has 1 saturated heterocycles. The van der Waals surface area contributed by atoms with Crippen molar-refractivity contribution in [3.63, 3.8) is 0 Å². The van der Waals surface area contributed by atoms with Gasteiger partial charge in [0.2, 0.25) is 0 Å². The van der Waals surface area contributed by atoms with E-state index < -0.39 is 5.41 Å². The molecule has 2 amide bonds. The minimum atomic E-state index is -0.440. The first kappa shape index (κ1) is 16.6. The minimum absolute atomic E-state index is 0.0905. The third kappa shape index (κ3) is 3.16. The lowest BCUT2D eigenvalue weighted by molar-refractivity contribution is -0.146. The Morgan fingerprint density at radius 2 is 2.12 bits per heavy atom. The van der Waals surface area contributed by atoms with Crippen LogP contribution in [0, 0.1) is 11.3 Å². The van der Waals surface area contributed by atoms with Crippen molar-refractivity contribution in [3.05, 3.63) is 42.0 Å². The molecule has 0 aromatic heterocycles. The van der Waals surface area contributed by atoms with E-state index in [1.54, 1.807) is 0 Å². The van der Waals surface area contributed by atoms with E-state index in [1.807, 2.05) is 31.2 Å². The van der Waals surface area contributed by atoms with Gasteiger partial charge in [-0.05, 0) is 43.4 Å². The Hall–Kier alpha value is -2.30.